The third kappa shape index (κ3) is 6.91. The van der Waals surface area contributed by atoms with Gasteiger partial charge in [0.1, 0.15) is 28.4 Å². The summed E-state index contributed by atoms with van der Waals surface area (Å²) in [4.78, 5) is 4.78. The maximum absolute atomic E-state index is 7.55. The van der Waals surface area contributed by atoms with Crippen molar-refractivity contribution >= 4 is 87.6 Å². The molecule has 430 valence electrons. The van der Waals surface area contributed by atoms with Gasteiger partial charge in [0, 0.05) is 76.1 Å². The van der Waals surface area contributed by atoms with Crippen LogP contribution in [0, 0.1) is 0 Å². The summed E-state index contributed by atoms with van der Waals surface area (Å²) in [6.07, 6.45) is 0. The normalized spacial score (nSPS) is 15.9. The van der Waals surface area contributed by atoms with Crippen LogP contribution in [0.4, 0.5) is 34.1 Å². The molecule has 4 aliphatic rings. The molecule has 2 spiro atoms. The summed E-state index contributed by atoms with van der Waals surface area (Å²) in [5, 5.41) is 4.63. The fourth-order valence-corrected chi connectivity index (χ4v) is 17.5. The highest BCUT2D eigenvalue weighted by atomic mass is 32.1. The number of furan rings is 1. The van der Waals surface area contributed by atoms with Gasteiger partial charge in [0.25, 0.3) is 0 Å². The van der Waals surface area contributed by atoms with E-state index in [0.29, 0.717) is 0 Å². The molecule has 92 heavy (non-hydrogen) atoms. The number of para-hydroxylation sites is 7. The lowest BCUT2D eigenvalue weighted by Crippen LogP contribution is -2.33. The first-order valence-electron chi connectivity index (χ1n) is 31.5. The van der Waals surface area contributed by atoms with Crippen molar-refractivity contribution in [2.75, 3.05) is 9.80 Å². The molecule has 0 bridgehead atoms. The number of anilines is 6. The topological polar surface area (TPSA) is 38.1 Å². The molecular weight excluding hydrogens is 1140 g/mol. The van der Waals surface area contributed by atoms with Gasteiger partial charge < -0.3 is 23.7 Å². The monoisotopic (exact) mass is 1190 g/mol. The zero-order valence-electron chi connectivity index (χ0n) is 49.5. The van der Waals surface area contributed by atoms with E-state index in [1.54, 1.807) is 0 Å². The van der Waals surface area contributed by atoms with Gasteiger partial charge in [-0.05, 0) is 147 Å². The highest BCUT2D eigenvalue weighted by Crippen LogP contribution is 2.68. The van der Waals surface area contributed by atoms with Crippen molar-refractivity contribution in [3.05, 3.63) is 360 Å². The third-order valence-electron chi connectivity index (χ3n) is 20.0. The molecular formula is C86H52N2O3S. The molecule has 16 aromatic rings. The first-order valence-corrected chi connectivity index (χ1v) is 32.3. The lowest BCUT2D eigenvalue weighted by atomic mass is 9.65. The van der Waals surface area contributed by atoms with E-state index in [4.69, 9.17) is 13.9 Å². The number of benzene rings is 14. The molecule has 14 aromatic carbocycles. The Labute approximate surface area is 535 Å². The Hall–Kier alpha value is -11.7. The van der Waals surface area contributed by atoms with Crippen LogP contribution in [0.15, 0.2) is 320 Å². The van der Waals surface area contributed by atoms with Gasteiger partial charge in [-0.25, -0.2) is 0 Å². The molecule has 0 fully saturated rings. The van der Waals surface area contributed by atoms with E-state index >= 15 is 0 Å². The summed E-state index contributed by atoms with van der Waals surface area (Å²) >= 11 is 1.85. The zero-order chi connectivity index (χ0) is 60.2. The summed E-state index contributed by atoms with van der Waals surface area (Å²) in [6, 6.07) is 115. The molecule has 0 N–H and O–H groups in total. The second-order valence-corrected chi connectivity index (χ2v) is 25.5. The van der Waals surface area contributed by atoms with E-state index in [2.05, 4.69) is 319 Å². The third-order valence-corrected chi connectivity index (χ3v) is 21.1. The fourth-order valence-electron chi connectivity index (χ4n) is 16.4. The van der Waals surface area contributed by atoms with E-state index in [1.807, 2.05) is 17.4 Å². The Morgan fingerprint density at radius 3 is 1.55 bits per heavy atom. The molecule has 0 amide bonds. The van der Waals surface area contributed by atoms with Crippen LogP contribution in [0.25, 0.3) is 75.5 Å². The summed E-state index contributed by atoms with van der Waals surface area (Å²) in [7, 11) is 0. The van der Waals surface area contributed by atoms with Gasteiger partial charge in [0.15, 0.2) is 5.75 Å². The standard InChI is InChI=1S/C86H52N2O3S/c1-3-23-53(24-4-1)87(56-48-50-80-64(52-56)58-28-10-18-46-79(58)92-80)55-47-49-67-63(51-55)57-27-7-11-33-65(57)85(67)68-35-13-16-43-76(68)90-83-60(32-20-38-71(83)85)59-31-19-37-70-81(59)61-29-8-12-34-66(61)86(70)69-36-14-17-44-77(69)91-84-72(86)39-21-41-74(84)88(54-25-5-2-6-26-54)73-40-22-45-78-82(73)62-30-9-15-42-75(62)89-78/h1-52H. The van der Waals surface area contributed by atoms with Crippen molar-refractivity contribution < 1.29 is 13.9 Å². The van der Waals surface area contributed by atoms with Crippen molar-refractivity contribution in [3.63, 3.8) is 0 Å². The number of thiophene rings is 1. The van der Waals surface area contributed by atoms with Crippen molar-refractivity contribution in [3.8, 4) is 56.4 Å². The van der Waals surface area contributed by atoms with Crippen LogP contribution in [-0.4, -0.2) is 0 Å². The molecule has 2 aromatic heterocycles. The molecule has 20 rings (SSSR count). The van der Waals surface area contributed by atoms with Crippen LogP contribution in [0.5, 0.6) is 23.0 Å². The molecule has 4 heterocycles. The van der Waals surface area contributed by atoms with Gasteiger partial charge in [0.05, 0.1) is 27.6 Å². The molecule has 6 heteroatoms. The average molecular weight is 1190 g/mol. The van der Waals surface area contributed by atoms with E-state index in [9.17, 15) is 0 Å². The second-order valence-electron chi connectivity index (χ2n) is 24.5. The average Bonchev–Trinajstić information content (AvgIpc) is 1.47. The number of rotatable bonds is 7. The van der Waals surface area contributed by atoms with Crippen LogP contribution in [0.2, 0.25) is 0 Å². The Bertz CT molecular complexity index is 5770. The van der Waals surface area contributed by atoms with Crippen molar-refractivity contribution in [1.29, 1.82) is 0 Å². The van der Waals surface area contributed by atoms with E-state index < -0.39 is 10.8 Å². The summed E-state index contributed by atoms with van der Waals surface area (Å²) in [5.74, 6) is 3.29. The maximum atomic E-state index is 7.55. The lowest BCUT2D eigenvalue weighted by molar-refractivity contribution is 0.437. The van der Waals surface area contributed by atoms with E-state index in [-0.39, 0.29) is 0 Å². The van der Waals surface area contributed by atoms with Crippen molar-refractivity contribution in [1.82, 2.24) is 0 Å². The number of ether oxygens (including phenoxy) is 2. The van der Waals surface area contributed by atoms with E-state index in [1.165, 1.54) is 64.7 Å². The molecule has 0 radical (unpaired) electrons. The summed E-state index contributed by atoms with van der Waals surface area (Å²) in [6.45, 7) is 0. The van der Waals surface area contributed by atoms with Crippen LogP contribution < -0.4 is 19.3 Å². The van der Waals surface area contributed by atoms with Crippen molar-refractivity contribution in [2.45, 2.75) is 10.8 Å². The second kappa shape index (κ2) is 19.4. The Balaban J connectivity index is 0.797. The minimum absolute atomic E-state index is 0.736. The number of hydrogen-bond acceptors (Lipinski definition) is 6. The lowest BCUT2D eigenvalue weighted by Gasteiger charge is -2.41. The minimum Gasteiger partial charge on any atom is -0.456 e. The fraction of sp³-hybridized carbons (Fsp3) is 0.0233. The van der Waals surface area contributed by atoms with Gasteiger partial charge in [-0.1, -0.05) is 218 Å². The molecule has 2 aliphatic carbocycles. The van der Waals surface area contributed by atoms with Crippen LogP contribution >= 0.6 is 11.3 Å². The van der Waals surface area contributed by atoms with E-state index in [0.717, 1.165) is 112 Å². The molecule has 0 saturated carbocycles. The smallest absolute Gasteiger partial charge is 0.156 e. The van der Waals surface area contributed by atoms with Crippen LogP contribution in [-0.2, 0) is 10.8 Å². The zero-order valence-corrected chi connectivity index (χ0v) is 50.4. The summed E-state index contributed by atoms with van der Waals surface area (Å²) in [5.41, 5.74) is 22.4. The van der Waals surface area contributed by atoms with Gasteiger partial charge >= 0.3 is 0 Å². The molecule has 2 unspecified atom stereocenters. The van der Waals surface area contributed by atoms with Gasteiger partial charge in [-0.3, -0.25) is 0 Å². The molecule has 0 saturated heterocycles. The van der Waals surface area contributed by atoms with Crippen LogP contribution in [0.1, 0.15) is 44.5 Å². The highest BCUT2D eigenvalue weighted by Gasteiger charge is 2.55. The first kappa shape index (κ1) is 51.2. The first-order chi connectivity index (χ1) is 45.6. The quantitative estimate of drug-likeness (QED) is 0.159. The number of hydrogen-bond donors (Lipinski definition) is 0. The van der Waals surface area contributed by atoms with Crippen LogP contribution in [0.3, 0.4) is 0 Å². The largest absolute Gasteiger partial charge is 0.456 e. The highest BCUT2D eigenvalue weighted by molar-refractivity contribution is 7.25. The Morgan fingerprint density at radius 1 is 0.272 bits per heavy atom. The molecule has 2 atom stereocenters. The Morgan fingerprint density at radius 2 is 0.772 bits per heavy atom. The predicted octanol–water partition coefficient (Wildman–Crippen LogP) is 23.5. The molecule has 5 nitrogen and oxygen atoms in total. The maximum Gasteiger partial charge on any atom is 0.156 e. The SMILES string of the molecule is c1ccc(N(c2ccc3c(c2)-c2ccccc2C32c3ccccc3Oc3c(-c4cccc5c4-c4ccccc4C54c5ccccc5Oc5c(N(c6ccccc6)c6cccc7oc8ccccc8c67)cccc54)cccc32)c2ccc3sc4ccccc4c3c2)cc1. The summed E-state index contributed by atoms with van der Waals surface area (Å²) < 4.78 is 24.2. The van der Waals surface area contributed by atoms with Gasteiger partial charge in [-0.15, -0.1) is 11.3 Å². The molecule has 2 aliphatic heterocycles. The minimum atomic E-state index is -0.805. The van der Waals surface area contributed by atoms with Gasteiger partial charge in [0.2, 0.25) is 0 Å². The predicted molar refractivity (Wildman–Crippen MR) is 376 cm³/mol. The van der Waals surface area contributed by atoms with Crippen molar-refractivity contribution in [2.24, 2.45) is 0 Å². The number of nitrogens with zero attached hydrogens (tertiary/aromatic N) is 2. The number of fused-ring (bicyclic) bond motifs is 24. The van der Waals surface area contributed by atoms with Gasteiger partial charge in [-0.2, -0.15) is 0 Å². The Kier molecular flexibility index (Phi) is 10.8.